The van der Waals surface area contributed by atoms with Crippen molar-refractivity contribution in [2.75, 3.05) is 5.75 Å². The van der Waals surface area contributed by atoms with Crippen molar-refractivity contribution in [2.24, 2.45) is 4.99 Å². The first-order chi connectivity index (χ1) is 11.2. The minimum Gasteiger partial charge on any atom is -0.337 e. The number of hydrogen-bond donors (Lipinski definition) is 1. The molecule has 6 heteroatoms. The van der Waals surface area contributed by atoms with Crippen molar-refractivity contribution in [3.8, 4) is 6.07 Å². The van der Waals surface area contributed by atoms with Crippen LogP contribution in [0.2, 0.25) is 0 Å². The number of aliphatic imine (C=N–C) groups is 1. The average Bonchev–Trinajstić information content (AvgIpc) is 2.60. The number of carbonyl (C=O) groups excluding carboxylic acids is 1. The highest BCUT2D eigenvalue weighted by atomic mass is 32.2. The van der Waals surface area contributed by atoms with E-state index in [4.69, 9.17) is 0 Å². The molecule has 23 heavy (non-hydrogen) atoms. The summed E-state index contributed by atoms with van der Waals surface area (Å²) >= 11 is 3.13. The van der Waals surface area contributed by atoms with Crippen LogP contribution in [0.3, 0.4) is 0 Å². The second-order valence-corrected chi connectivity index (χ2v) is 8.07. The lowest BCUT2D eigenvalue weighted by Crippen LogP contribution is -2.49. The number of fused-ring (bicyclic) bond motifs is 1. The quantitative estimate of drug-likeness (QED) is 0.899. The molecule has 0 spiro atoms. The molecule has 0 bridgehead atoms. The normalized spacial score (nSPS) is 19.2. The van der Waals surface area contributed by atoms with E-state index in [1.54, 1.807) is 11.8 Å². The third kappa shape index (κ3) is 4.10. The number of thioether (sulfide) groups is 2. The molecule has 0 atom stereocenters. The molecule has 1 heterocycles. The zero-order valence-electron chi connectivity index (χ0n) is 12.9. The molecule has 0 radical (unpaired) electrons. The topological polar surface area (TPSA) is 65.2 Å². The van der Waals surface area contributed by atoms with Crippen LogP contribution in [-0.4, -0.2) is 21.6 Å². The minimum absolute atomic E-state index is 0.0689. The zero-order valence-corrected chi connectivity index (χ0v) is 14.5. The summed E-state index contributed by atoms with van der Waals surface area (Å²) in [6, 6.07) is 10.4. The van der Waals surface area contributed by atoms with E-state index >= 15 is 0 Å². The maximum atomic E-state index is 12.2. The Hall–Kier alpha value is -1.45. The first-order valence-electron chi connectivity index (χ1n) is 7.85. The lowest BCUT2D eigenvalue weighted by Gasteiger charge is -2.31. The number of nitrogens with one attached hydrogen (secondary N) is 1. The fourth-order valence-electron chi connectivity index (χ4n) is 2.94. The Morgan fingerprint density at radius 3 is 2.91 bits per heavy atom. The van der Waals surface area contributed by atoms with Crippen molar-refractivity contribution >= 4 is 39.5 Å². The molecule has 1 aliphatic carbocycles. The van der Waals surface area contributed by atoms with Crippen LogP contribution < -0.4 is 5.32 Å². The third-order valence-corrected chi connectivity index (χ3v) is 6.43. The van der Waals surface area contributed by atoms with Gasteiger partial charge in [-0.1, -0.05) is 61.0 Å². The van der Waals surface area contributed by atoms with Gasteiger partial charge in [-0.25, -0.2) is 4.99 Å². The summed E-state index contributed by atoms with van der Waals surface area (Å²) in [6.45, 7) is 0. The summed E-state index contributed by atoms with van der Waals surface area (Å²) in [4.78, 5) is 16.8. The molecule has 1 aliphatic heterocycles. The van der Waals surface area contributed by atoms with Gasteiger partial charge in [0.2, 0.25) is 5.91 Å². The molecule has 120 valence electrons. The van der Waals surface area contributed by atoms with E-state index in [-0.39, 0.29) is 5.91 Å². The Bertz CT molecular complexity index is 660. The number of nitrogens with zero attached hydrogens (tertiary/aromatic N) is 2. The van der Waals surface area contributed by atoms with Gasteiger partial charge in [0.05, 0.1) is 17.5 Å². The minimum atomic E-state index is -0.649. The summed E-state index contributed by atoms with van der Waals surface area (Å²) in [5.74, 6) is 1.14. The van der Waals surface area contributed by atoms with E-state index in [1.807, 2.05) is 18.2 Å². The van der Waals surface area contributed by atoms with Gasteiger partial charge in [0.1, 0.15) is 9.91 Å². The van der Waals surface area contributed by atoms with Gasteiger partial charge in [-0.15, -0.1) is 0 Å². The molecule has 1 saturated carbocycles. The molecule has 1 amide bonds. The fourth-order valence-corrected chi connectivity index (χ4v) is 4.80. The van der Waals surface area contributed by atoms with Crippen molar-refractivity contribution in [1.82, 2.24) is 5.32 Å². The van der Waals surface area contributed by atoms with Gasteiger partial charge >= 0.3 is 0 Å². The van der Waals surface area contributed by atoms with Crippen LogP contribution in [0.25, 0.3) is 0 Å². The molecule has 1 N–H and O–H groups in total. The number of nitriles is 1. The van der Waals surface area contributed by atoms with Crippen LogP contribution in [-0.2, 0) is 10.5 Å². The van der Waals surface area contributed by atoms with Crippen LogP contribution in [0, 0.1) is 11.3 Å². The number of carbonyl (C=O) groups is 1. The van der Waals surface area contributed by atoms with Crippen LogP contribution >= 0.6 is 23.5 Å². The Kier molecular flexibility index (Phi) is 5.29. The van der Waals surface area contributed by atoms with Crippen molar-refractivity contribution in [3.05, 3.63) is 29.8 Å². The Morgan fingerprint density at radius 2 is 2.13 bits per heavy atom. The van der Waals surface area contributed by atoms with Crippen molar-refractivity contribution < 1.29 is 4.79 Å². The van der Waals surface area contributed by atoms with Gasteiger partial charge in [0.25, 0.3) is 0 Å². The highest BCUT2D eigenvalue weighted by molar-refractivity contribution is 8.38. The number of amides is 1. The Balaban J connectivity index is 1.56. The summed E-state index contributed by atoms with van der Waals surface area (Å²) in [7, 11) is 0. The molecule has 3 rings (SSSR count). The van der Waals surface area contributed by atoms with Crippen molar-refractivity contribution in [1.29, 1.82) is 5.26 Å². The Labute approximate surface area is 145 Å². The lowest BCUT2D eigenvalue weighted by molar-refractivity contribution is -0.120. The lowest BCUT2D eigenvalue weighted by atomic mass is 9.83. The highest BCUT2D eigenvalue weighted by Crippen LogP contribution is 2.34. The van der Waals surface area contributed by atoms with Crippen LogP contribution in [0.4, 0.5) is 5.69 Å². The predicted molar refractivity (Wildman–Crippen MR) is 96.9 cm³/mol. The fraction of sp³-hybridized carbons (Fsp3) is 0.471. The van der Waals surface area contributed by atoms with Crippen LogP contribution in [0.1, 0.15) is 37.7 Å². The first-order valence-corrected chi connectivity index (χ1v) is 9.82. The van der Waals surface area contributed by atoms with E-state index in [0.29, 0.717) is 5.75 Å². The second-order valence-electron chi connectivity index (χ2n) is 5.89. The van der Waals surface area contributed by atoms with E-state index in [1.165, 1.54) is 17.3 Å². The Morgan fingerprint density at radius 1 is 1.35 bits per heavy atom. The molecule has 2 aliphatic rings. The number of rotatable bonds is 3. The number of para-hydroxylation sites is 1. The van der Waals surface area contributed by atoms with Crippen LogP contribution in [0.15, 0.2) is 29.3 Å². The third-order valence-electron chi connectivity index (χ3n) is 4.18. The molecule has 4 nitrogen and oxygen atoms in total. The van der Waals surface area contributed by atoms with Crippen molar-refractivity contribution in [3.63, 3.8) is 0 Å². The van der Waals surface area contributed by atoms with E-state index in [9.17, 15) is 10.1 Å². The van der Waals surface area contributed by atoms with Gasteiger partial charge in [-0.2, -0.15) is 5.26 Å². The van der Waals surface area contributed by atoms with E-state index in [0.717, 1.165) is 47.9 Å². The molecule has 1 aromatic rings. The van der Waals surface area contributed by atoms with E-state index < -0.39 is 5.54 Å². The van der Waals surface area contributed by atoms with Gasteiger partial charge in [0, 0.05) is 5.75 Å². The van der Waals surface area contributed by atoms with Crippen molar-refractivity contribution in [2.45, 2.75) is 43.4 Å². The molecule has 1 aromatic carbocycles. The number of benzene rings is 1. The molecule has 1 fully saturated rings. The second kappa shape index (κ2) is 7.41. The average molecular weight is 345 g/mol. The van der Waals surface area contributed by atoms with Gasteiger partial charge in [-0.3, -0.25) is 4.79 Å². The number of hydrogen-bond acceptors (Lipinski definition) is 5. The summed E-state index contributed by atoms with van der Waals surface area (Å²) in [6.07, 6.45) is 4.72. The van der Waals surface area contributed by atoms with Gasteiger partial charge in [-0.05, 0) is 24.5 Å². The largest absolute Gasteiger partial charge is 0.337 e. The summed E-state index contributed by atoms with van der Waals surface area (Å²) in [5.41, 5.74) is 1.58. The molecular formula is C17H19N3OS2. The molecular weight excluding hydrogens is 326 g/mol. The zero-order chi connectivity index (χ0) is 16.1. The molecule has 0 saturated heterocycles. The highest BCUT2D eigenvalue weighted by Gasteiger charge is 2.33. The monoisotopic (exact) mass is 345 g/mol. The standard InChI is InChI=1S/C17H19N3OS2/c18-12-17(8-4-1-5-9-17)20-15(21)11-23-16-19-14-7-3-2-6-13(14)10-22-16/h2-3,6-7H,1,4-5,8-11H2,(H,20,21). The van der Waals surface area contributed by atoms with E-state index in [2.05, 4.69) is 22.4 Å². The first kappa shape index (κ1) is 16.4. The maximum Gasteiger partial charge on any atom is 0.231 e. The van der Waals surface area contributed by atoms with Gasteiger partial charge in [0.15, 0.2) is 0 Å². The predicted octanol–water partition coefficient (Wildman–Crippen LogP) is 4.00. The van der Waals surface area contributed by atoms with Crippen LogP contribution in [0.5, 0.6) is 0 Å². The smallest absolute Gasteiger partial charge is 0.231 e. The summed E-state index contributed by atoms with van der Waals surface area (Å²) < 4.78 is 0.925. The summed E-state index contributed by atoms with van der Waals surface area (Å²) in [5, 5.41) is 12.4. The molecule has 0 unspecified atom stereocenters. The molecule has 0 aromatic heterocycles. The maximum absolute atomic E-state index is 12.2. The van der Waals surface area contributed by atoms with Gasteiger partial charge < -0.3 is 5.32 Å². The SMILES string of the molecule is N#CC1(NC(=O)CSC2=Nc3ccccc3CS2)CCCCC1.